The molecule has 2 rings (SSSR count). The Hall–Kier alpha value is -1.34. The molecule has 0 radical (unpaired) electrons. The largest absolute Gasteiger partial charge is 0.261 e. The van der Waals surface area contributed by atoms with E-state index in [4.69, 9.17) is 11.6 Å². The Balaban J connectivity index is 2.22. The molecule has 0 bridgehead atoms. The fourth-order valence-electron chi connectivity index (χ4n) is 1.44. The molecular formula is C13H12ClN. The number of aromatic nitrogens is 1. The van der Waals surface area contributed by atoms with Gasteiger partial charge >= 0.3 is 0 Å². The molecule has 1 aromatic carbocycles. The average Bonchev–Trinajstić information content (AvgIpc) is 2.25. The minimum atomic E-state index is 0.792. The summed E-state index contributed by atoms with van der Waals surface area (Å²) in [5, 5.41) is 0.805. The van der Waals surface area contributed by atoms with Crippen molar-refractivity contribution in [1.82, 2.24) is 4.98 Å². The monoisotopic (exact) mass is 217 g/mol. The number of halogens is 1. The minimum absolute atomic E-state index is 0.792. The van der Waals surface area contributed by atoms with E-state index in [9.17, 15) is 0 Å². The van der Waals surface area contributed by atoms with Crippen molar-refractivity contribution in [3.63, 3.8) is 0 Å². The fraction of sp³-hybridized carbons (Fsp3) is 0.154. The van der Waals surface area contributed by atoms with E-state index >= 15 is 0 Å². The summed E-state index contributed by atoms with van der Waals surface area (Å²) in [7, 11) is 0. The van der Waals surface area contributed by atoms with Gasteiger partial charge in [-0.25, -0.2) is 0 Å². The van der Waals surface area contributed by atoms with Crippen molar-refractivity contribution in [2.75, 3.05) is 0 Å². The molecule has 2 aromatic rings. The molecule has 1 nitrogen and oxygen atoms in total. The highest BCUT2D eigenvalue weighted by Crippen LogP contribution is 2.17. The van der Waals surface area contributed by atoms with Crippen LogP contribution in [0.15, 0.2) is 42.6 Å². The standard InChI is InChI=1S/C13H12ClN/c1-10-6-7-12(15-9-10)8-11-4-2-3-5-13(11)14/h2-7,9H,8H2,1H3. The van der Waals surface area contributed by atoms with Gasteiger partial charge in [0.2, 0.25) is 0 Å². The van der Waals surface area contributed by atoms with Gasteiger partial charge in [0.15, 0.2) is 0 Å². The molecule has 1 heterocycles. The van der Waals surface area contributed by atoms with E-state index in [0.29, 0.717) is 0 Å². The van der Waals surface area contributed by atoms with Crippen LogP contribution in [0.3, 0.4) is 0 Å². The highest BCUT2D eigenvalue weighted by atomic mass is 35.5. The molecule has 0 aliphatic rings. The van der Waals surface area contributed by atoms with Crippen LogP contribution in [-0.4, -0.2) is 4.98 Å². The van der Waals surface area contributed by atoms with E-state index in [1.807, 2.05) is 43.5 Å². The Morgan fingerprint density at radius 1 is 1.13 bits per heavy atom. The number of nitrogens with zero attached hydrogens (tertiary/aromatic N) is 1. The molecular weight excluding hydrogens is 206 g/mol. The third-order valence-corrected chi connectivity index (χ3v) is 2.67. The zero-order valence-corrected chi connectivity index (χ0v) is 9.33. The van der Waals surface area contributed by atoms with Crippen LogP contribution in [0.5, 0.6) is 0 Å². The molecule has 15 heavy (non-hydrogen) atoms. The first-order valence-electron chi connectivity index (χ1n) is 4.90. The van der Waals surface area contributed by atoms with Crippen molar-refractivity contribution < 1.29 is 0 Å². The van der Waals surface area contributed by atoms with Gasteiger partial charge in [-0.1, -0.05) is 35.9 Å². The fourth-order valence-corrected chi connectivity index (χ4v) is 1.64. The number of hydrogen-bond donors (Lipinski definition) is 0. The normalized spacial score (nSPS) is 10.3. The molecule has 76 valence electrons. The van der Waals surface area contributed by atoms with Crippen LogP contribution in [0.4, 0.5) is 0 Å². The maximum absolute atomic E-state index is 6.08. The van der Waals surface area contributed by atoms with Crippen LogP contribution in [0.1, 0.15) is 16.8 Å². The first-order valence-corrected chi connectivity index (χ1v) is 5.28. The lowest BCUT2D eigenvalue weighted by Gasteiger charge is -2.03. The van der Waals surface area contributed by atoms with Gasteiger partial charge in [0.25, 0.3) is 0 Å². The molecule has 1 aromatic heterocycles. The molecule has 0 saturated heterocycles. The van der Waals surface area contributed by atoms with E-state index in [2.05, 4.69) is 11.1 Å². The Labute approximate surface area is 94.7 Å². The highest BCUT2D eigenvalue weighted by molar-refractivity contribution is 6.31. The maximum atomic E-state index is 6.08. The summed E-state index contributed by atoms with van der Waals surface area (Å²) in [5.41, 5.74) is 3.35. The van der Waals surface area contributed by atoms with Crippen molar-refractivity contribution in [3.8, 4) is 0 Å². The van der Waals surface area contributed by atoms with Crippen molar-refractivity contribution in [2.24, 2.45) is 0 Å². The predicted molar refractivity (Wildman–Crippen MR) is 63.2 cm³/mol. The number of pyridine rings is 1. The van der Waals surface area contributed by atoms with Gasteiger partial charge in [0.05, 0.1) is 0 Å². The molecule has 0 amide bonds. The zero-order chi connectivity index (χ0) is 10.7. The Morgan fingerprint density at radius 3 is 2.60 bits per heavy atom. The lowest BCUT2D eigenvalue weighted by molar-refractivity contribution is 1.06. The lowest BCUT2D eigenvalue weighted by Crippen LogP contribution is -1.92. The number of hydrogen-bond acceptors (Lipinski definition) is 1. The maximum Gasteiger partial charge on any atom is 0.0448 e. The van der Waals surface area contributed by atoms with Gasteiger partial charge in [-0.05, 0) is 30.2 Å². The van der Waals surface area contributed by atoms with Gasteiger partial charge in [0.1, 0.15) is 0 Å². The molecule has 2 heteroatoms. The first-order chi connectivity index (χ1) is 7.25. The van der Waals surface area contributed by atoms with Gasteiger partial charge in [-0.2, -0.15) is 0 Å². The number of aryl methyl sites for hydroxylation is 1. The third kappa shape index (κ3) is 2.57. The molecule has 0 aliphatic heterocycles. The second-order valence-electron chi connectivity index (χ2n) is 3.60. The molecule has 0 unspecified atom stereocenters. The van der Waals surface area contributed by atoms with Gasteiger partial charge in [-0.15, -0.1) is 0 Å². The van der Waals surface area contributed by atoms with Gasteiger partial charge in [0, 0.05) is 23.3 Å². The molecule has 0 saturated carbocycles. The summed E-state index contributed by atoms with van der Waals surface area (Å²) in [4.78, 5) is 4.36. The van der Waals surface area contributed by atoms with Crippen molar-refractivity contribution in [3.05, 3.63) is 64.4 Å². The van der Waals surface area contributed by atoms with Crippen LogP contribution in [0, 0.1) is 6.92 Å². The smallest absolute Gasteiger partial charge is 0.0448 e. The van der Waals surface area contributed by atoms with Crippen molar-refractivity contribution in [2.45, 2.75) is 13.3 Å². The van der Waals surface area contributed by atoms with Crippen LogP contribution in [-0.2, 0) is 6.42 Å². The van der Waals surface area contributed by atoms with Crippen molar-refractivity contribution >= 4 is 11.6 Å². The summed E-state index contributed by atoms with van der Waals surface area (Å²) in [6.45, 7) is 2.03. The third-order valence-electron chi connectivity index (χ3n) is 2.30. The molecule has 0 aliphatic carbocycles. The van der Waals surface area contributed by atoms with Crippen LogP contribution in [0.25, 0.3) is 0 Å². The summed E-state index contributed by atoms with van der Waals surface area (Å²) < 4.78 is 0. The summed E-state index contributed by atoms with van der Waals surface area (Å²) >= 11 is 6.08. The summed E-state index contributed by atoms with van der Waals surface area (Å²) in [6.07, 6.45) is 2.67. The number of benzene rings is 1. The number of rotatable bonds is 2. The quantitative estimate of drug-likeness (QED) is 0.749. The Bertz CT molecular complexity index is 448. The van der Waals surface area contributed by atoms with E-state index < -0.39 is 0 Å². The average molecular weight is 218 g/mol. The van der Waals surface area contributed by atoms with Crippen LogP contribution in [0.2, 0.25) is 5.02 Å². The van der Waals surface area contributed by atoms with E-state index in [0.717, 1.165) is 22.7 Å². The lowest BCUT2D eigenvalue weighted by atomic mass is 10.1. The Morgan fingerprint density at radius 2 is 1.93 bits per heavy atom. The van der Waals surface area contributed by atoms with Gasteiger partial charge < -0.3 is 0 Å². The second-order valence-corrected chi connectivity index (χ2v) is 4.00. The van der Waals surface area contributed by atoms with Crippen LogP contribution < -0.4 is 0 Å². The summed E-state index contributed by atoms with van der Waals surface area (Å²) in [6, 6.07) is 12.0. The summed E-state index contributed by atoms with van der Waals surface area (Å²) in [5.74, 6) is 0. The first kappa shape index (κ1) is 10.2. The SMILES string of the molecule is Cc1ccc(Cc2ccccc2Cl)nc1. The van der Waals surface area contributed by atoms with Gasteiger partial charge in [-0.3, -0.25) is 4.98 Å². The van der Waals surface area contributed by atoms with Crippen molar-refractivity contribution in [1.29, 1.82) is 0 Å². The molecule has 0 N–H and O–H groups in total. The molecule has 0 fully saturated rings. The van der Waals surface area contributed by atoms with E-state index in [1.165, 1.54) is 5.56 Å². The topological polar surface area (TPSA) is 12.9 Å². The van der Waals surface area contributed by atoms with E-state index in [-0.39, 0.29) is 0 Å². The Kier molecular flexibility index (Phi) is 3.02. The molecule has 0 spiro atoms. The molecule has 0 atom stereocenters. The minimum Gasteiger partial charge on any atom is -0.261 e. The highest BCUT2D eigenvalue weighted by Gasteiger charge is 2.01. The predicted octanol–water partition coefficient (Wildman–Crippen LogP) is 3.63. The zero-order valence-electron chi connectivity index (χ0n) is 8.57. The van der Waals surface area contributed by atoms with Crippen LogP contribution >= 0.6 is 11.6 Å². The second kappa shape index (κ2) is 4.45. The van der Waals surface area contributed by atoms with E-state index in [1.54, 1.807) is 0 Å².